The molecule has 0 bridgehead atoms. The van der Waals surface area contributed by atoms with Crippen molar-refractivity contribution in [2.24, 2.45) is 0 Å². The fraction of sp³-hybridized carbons (Fsp3) is 0.649. The smallest absolute Gasteiger partial charge is 0.417 e. The Morgan fingerprint density at radius 3 is 2.02 bits per heavy atom. The number of hydrogen-bond acceptors (Lipinski definition) is 4. The summed E-state index contributed by atoms with van der Waals surface area (Å²) in [4.78, 5) is 26.5. The number of amides is 2. The summed E-state index contributed by atoms with van der Waals surface area (Å²) in [5.74, 6) is 0.550. The van der Waals surface area contributed by atoms with E-state index in [1.54, 1.807) is 0 Å². The van der Waals surface area contributed by atoms with E-state index < -0.39 is 6.09 Å². The van der Waals surface area contributed by atoms with Crippen molar-refractivity contribution in [3.8, 4) is 5.75 Å². The van der Waals surface area contributed by atoms with Crippen molar-refractivity contribution < 1.29 is 23.6 Å². The van der Waals surface area contributed by atoms with E-state index >= 15 is 0 Å². The summed E-state index contributed by atoms with van der Waals surface area (Å²) in [6.07, 6.45) is 18.2. The van der Waals surface area contributed by atoms with Gasteiger partial charge in [0.25, 0.3) is 0 Å². The summed E-state index contributed by atoms with van der Waals surface area (Å²) in [5, 5.41) is 0. The molecule has 0 saturated carbocycles. The number of carbonyl (C=O) groups is 2. The van der Waals surface area contributed by atoms with Crippen molar-refractivity contribution in [1.82, 2.24) is 4.90 Å². The Morgan fingerprint density at radius 2 is 1.44 bits per heavy atom. The van der Waals surface area contributed by atoms with Gasteiger partial charge >= 0.3 is 6.09 Å². The third-order valence-electron chi connectivity index (χ3n) is 7.89. The van der Waals surface area contributed by atoms with Crippen LogP contribution < -0.4 is 9.30 Å². The number of unbranched alkanes of at least 4 members (excludes halogenated alkanes) is 11. The molecule has 2 aromatic rings. The van der Waals surface area contributed by atoms with Crippen LogP contribution in [-0.4, -0.2) is 23.5 Å². The topological polar surface area (TPSA) is 59.7 Å². The number of imide groups is 1. The molecule has 0 aliphatic heterocycles. The van der Waals surface area contributed by atoms with Crippen molar-refractivity contribution in [1.29, 1.82) is 0 Å². The third-order valence-corrected chi connectivity index (χ3v) is 7.89. The third kappa shape index (κ3) is 14.0. The molecule has 1 aromatic carbocycles. The van der Waals surface area contributed by atoms with Gasteiger partial charge in [-0.15, -0.1) is 0 Å². The number of benzene rings is 1. The summed E-state index contributed by atoms with van der Waals surface area (Å²) in [6, 6.07) is 11.8. The van der Waals surface area contributed by atoms with E-state index in [4.69, 9.17) is 9.47 Å². The molecule has 6 heteroatoms. The molecule has 1 aromatic heterocycles. The molecule has 240 valence electrons. The van der Waals surface area contributed by atoms with Crippen LogP contribution in [0.1, 0.15) is 142 Å². The number of ether oxygens (including phenoxy) is 2. The van der Waals surface area contributed by atoms with Gasteiger partial charge in [0.2, 0.25) is 11.6 Å². The van der Waals surface area contributed by atoms with Crippen LogP contribution in [0, 0.1) is 0 Å². The van der Waals surface area contributed by atoms with Crippen LogP contribution in [-0.2, 0) is 34.6 Å². The van der Waals surface area contributed by atoms with E-state index in [0.29, 0.717) is 6.61 Å². The highest BCUT2D eigenvalue weighted by Crippen LogP contribution is 2.32. The lowest BCUT2D eigenvalue weighted by Crippen LogP contribution is -2.43. The lowest BCUT2D eigenvalue weighted by molar-refractivity contribution is -0.704. The standard InChI is InChI=1S/C37H59N2O4/c1-7-9-10-11-12-13-14-15-16-17-18-21-27-42-35-24-23-32(28-34(35)37(4,5)6)30-43-36(41)39(31(3)40)29-33-22-19-20-26-38(33)25-8-2/h19-20,22-24,26,28H,7-18,21,25,27,29-30H2,1-6H3/q+1. The predicted octanol–water partition coefficient (Wildman–Crippen LogP) is 9.45. The lowest BCUT2D eigenvalue weighted by atomic mass is 9.85. The van der Waals surface area contributed by atoms with Crippen LogP contribution in [0.2, 0.25) is 0 Å². The quantitative estimate of drug-likeness (QED) is 0.113. The van der Waals surface area contributed by atoms with Gasteiger partial charge in [-0.1, -0.05) is 117 Å². The van der Waals surface area contributed by atoms with E-state index in [1.807, 2.05) is 36.5 Å². The Labute approximate surface area is 262 Å². The summed E-state index contributed by atoms with van der Waals surface area (Å²) in [5.41, 5.74) is 2.73. The maximum absolute atomic E-state index is 13.0. The highest BCUT2D eigenvalue weighted by molar-refractivity contribution is 5.90. The number of rotatable bonds is 20. The van der Waals surface area contributed by atoms with E-state index in [9.17, 15) is 9.59 Å². The molecular formula is C37H59N2O4+. The van der Waals surface area contributed by atoms with E-state index in [0.717, 1.165) is 46.9 Å². The Balaban J connectivity index is 1.83. The molecule has 0 fully saturated rings. The molecule has 0 atom stereocenters. The first-order valence-electron chi connectivity index (χ1n) is 16.9. The van der Waals surface area contributed by atoms with Gasteiger partial charge in [0.15, 0.2) is 6.20 Å². The molecular weight excluding hydrogens is 536 g/mol. The number of hydrogen-bond donors (Lipinski definition) is 0. The molecule has 0 radical (unpaired) electrons. The Hall–Kier alpha value is -2.89. The Morgan fingerprint density at radius 1 is 0.814 bits per heavy atom. The van der Waals surface area contributed by atoms with Crippen molar-refractivity contribution in [2.75, 3.05) is 6.61 Å². The first kappa shape index (κ1) is 36.3. The second-order valence-electron chi connectivity index (χ2n) is 12.9. The second kappa shape index (κ2) is 20.1. The monoisotopic (exact) mass is 595 g/mol. The summed E-state index contributed by atoms with van der Waals surface area (Å²) < 4.78 is 13.9. The zero-order chi connectivity index (χ0) is 31.5. The van der Waals surface area contributed by atoms with E-state index in [-0.39, 0.29) is 24.5 Å². The normalized spacial score (nSPS) is 11.4. The number of aromatic nitrogens is 1. The van der Waals surface area contributed by atoms with Gasteiger partial charge in [-0.3, -0.25) is 4.79 Å². The van der Waals surface area contributed by atoms with Gasteiger partial charge in [0, 0.05) is 25.5 Å². The van der Waals surface area contributed by atoms with Crippen molar-refractivity contribution in [2.45, 2.75) is 150 Å². The Bertz CT molecular complexity index is 1090. The van der Waals surface area contributed by atoms with Gasteiger partial charge in [0.05, 0.1) is 6.61 Å². The van der Waals surface area contributed by atoms with Crippen LogP contribution in [0.5, 0.6) is 5.75 Å². The highest BCUT2D eigenvalue weighted by Gasteiger charge is 2.25. The SMILES string of the molecule is CCCCCCCCCCCCCCOc1ccc(COC(=O)N(Cc2cccc[n+]2CCC)C(C)=O)cc1C(C)(C)C. The molecule has 1 heterocycles. The maximum atomic E-state index is 13.0. The summed E-state index contributed by atoms with van der Waals surface area (Å²) in [7, 11) is 0. The average Bonchev–Trinajstić information content (AvgIpc) is 2.97. The Kier molecular flexibility index (Phi) is 17.0. The fourth-order valence-electron chi connectivity index (χ4n) is 5.31. The molecule has 0 saturated heterocycles. The zero-order valence-electron chi connectivity index (χ0n) is 28.1. The fourth-order valence-corrected chi connectivity index (χ4v) is 5.31. The first-order chi connectivity index (χ1) is 20.7. The van der Waals surface area contributed by atoms with Crippen molar-refractivity contribution in [3.63, 3.8) is 0 Å². The van der Waals surface area contributed by atoms with Gasteiger partial charge in [-0.25, -0.2) is 14.3 Å². The molecule has 6 nitrogen and oxygen atoms in total. The van der Waals surface area contributed by atoms with Crippen molar-refractivity contribution in [3.05, 3.63) is 59.4 Å². The minimum absolute atomic E-state index is 0.0917. The molecule has 0 aliphatic rings. The second-order valence-corrected chi connectivity index (χ2v) is 12.9. The highest BCUT2D eigenvalue weighted by atomic mass is 16.6. The molecule has 0 N–H and O–H groups in total. The van der Waals surface area contributed by atoms with Crippen LogP contribution in [0.4, 0.5) is 4.79 Å². The number of aryl methyl sites for hydroxylation is 1. The van der Waals surface area contributed by atoms with Gasteiger partial charge < -0.3 is 9.47 Å². The molecule has 0 aliphatic carbocycles. The van der Waals surface area contributed by atoms with Crippen LogP contribution in [0.25, 0.3) is 0 Å². The predicted molar refractivity (Wildman–Crippen MR) is 175 cm³/mol. The van der Waals surface area contributed by atoms with Crippen LogP contribution >= 0.6 is 0 Å². The summed E-state index contributed by atoms with van der Waals surface area (Å²) in [6.45, 7) is 14.1. The van der Waals surface area contributed by atoms with Crippen LogP contribution in [0.3, 0.4) is 0 Å². The molecule has 2 amide bonds. The first-order valence-corrected chi connectivity index (χ1v) is 16.9. The maximum Gasteiger partial charge on any atom is 0.417 e. The average molecular weight is 596 g/mol. The van der Waals surface area contributed by atoms with Gasteiger partial charge in [0.1, 0.15) is 25.4 Å². The van der Waals surface area contributed by atoms with Crippen LogP contribution in [0.15, 0.2) is 42.6 Å². The number of pyridine rings is 1. The number of nitrogens with zero attached hydrogens (tertiary/aromatic N) is 2. The summed E-state index contributed by atoms with van der Waals surface area (Å²) >= 11 is 0. The van der Waals surface area contributed by atoms with Crippen molar-refractivity contribution >= 4 is 12.0 Å². The molecule has 0 unspecified atom stereocenters. The van der Waals surface area contributed by atoms with E-state index in [2.05, 4.69) is 45.3 Å². The molecule has 2 rings (SSSR count). The number of carbonyl (C=O) groups excluding carboxylic acids is 2. The molecule has 0 spiro atoms. The zero-order valence-corrected chi connectivity index (χ0v) is 28.1. The molecule has 43 heavy (non-hydrogen) atoms. The van der Waals surface area contributed by atoms with Gasteiger partial charge in [-0.05, 0) is 35.1 Å². The van der Waals surface area contributed by atoms with E-state index in [1.165, 1.54) is 77.6 Å². The lowest BCUT2D eigenvalue weighted by Gasteiger charge is -2.24. The minimum atomic E-state index is -0.635. The minimum Gasteiger partial charge on any atom is -0.493 e. The van der Waals surface area contributed by atoms with Gasteiger partial charge in [-0.2, -0.15) is 0 Å². The largest absolute Gasteiger partial charge is 0.493 e.